The lowest BCUT2D eigenvalue weighted by atomic mass is 10.3. The fourth-order valence-electron chi connectivity index (χ4n) is 1.44. The van der Waals surface area contributed by atoms with Crippen LogP contribution < -0.4 is 5.32 Å². The van der Waals surface area contributed by atoms with E-state index in [0.717, 1.165) is 31.6 Å². The third kappa shape index (κ3) is 2.61. The van der Waals surface area contributed by atoms with Crippen molar-refractivity contribution in [2.75, 3.05) is 12.4 Å². The second kappa shape index (κ2) is 5.33. The molecule has 0 radical (unpaired) electrons. The molecule has 2 aromatic heterocycles. The van der Waals surface area contributed by atoms with E-state index in [0.29, 0.717) is 5.82 Å². The van der Waals surface area contributed by atoms with Gasteiger partial charge in [0.15, 0.2) is 5.82 Å². The van der Waals surface area contributed by atoms with Crippen molar-refractivity contribution in [3.05, 3.63) is 26.6 Å². The average Bonchev–Trinajstić information content (AvgIpc) is 2.76. The molecule has 0 aliphatic rings. The molecule has 0 saturated carbocycles. The number of halogens is 2. The minimum Gasteiger partial charge on any atom is -0.372 e. The molecule has 90 valence electrons. The molecule has 2 heterocycles. The Morgan fingerprint density at radius 3 is 2.71 bits per heavy atom. The van der Waals surface area contributed by atoms with Crippen LogP contribution in [0.2, 0.25) is 4.34 Å². The van der Waals surface area contributed by atoms with Crippen LogP contribution in [0.3, 0.4) is 0 Å². The van der Waals surface area contributed by atoms with Crippen molar-refractivity contribution in [1.29, 1.82) is 0 Å². The number of hydrogen-bond donors (Lipinski definition) is 1. The van der Waals surface area contributed by atoms with Gasteiger partial charge in [-0.3, -0.25) is 0 Å². The smallest absolute Gasteiger partial charge is 0.171 e. The summed E-state index contributed by atoms with van der Waals surface area (Å²) in [5.41, 5.74) is 0.990. The van der Waals surface area contributed by atoms with Crippen LogP contribution in [0.4, 0.5) is 5.82 Å². The van der Waals surface area contributed by atoms with E-state index < -0.39 is 0 Å². The lowest BCUT2D eigenvalue weighted by Gasteiger charge is -2.08. The summed E-state index contributed by atoms with van der Waals surface area (Å²) in [6.07, 6.45) is 0.851. The quantitative estimate of drug-likeness (QED) is 0.914. The first-order valence-electron chi connectivity index (χ1n) is 5.15. The Labute approximate surface area is 117 Å². The molecule has 17 heavy (non-hydrogen) atoms. The molecule has 2 rings (SSSR count). The second-order valence-corrected chi connectivity index (χ2v) is 5.87. The maximum atomic E-state index is 5.93. The van der Waals surface area contributed by atoms with Crippen LogP contribution in [0.25, 0.3) is 10.7 Å². The molecule has 1 N–H and O–H groups in total. The largest absolute Gasteiger partial charge is 0.372 e. The highest BCUT2D eigenvalue weighted by Crippen LogP contribution is 2.32. The van der Waals surface area contributed by atoms with E-state index in [9.17, 15) is 0 Å². The van der Waals surface area contributed by atoms with Crippen LogP contribution in [0.15, 0.2) is 16.6 Å². The van der Waals surface area contributed by atoms with Gasteiger partial charge in [0.05, 0.1) is 19.4 Å². The zero-order valence-electron chi connectivity index (χ0n) is 9.42. The summed E-state index contributed by atoms with van der Waals surface area (Å²) >= 11 is 10.9. The first kappa shape index (κ1) is 12.8. The lowest BCUT2D eigenvalue weighted by Crippen LogP contribution is -2.02. The van der Waals surface area contributed by atoms with E-state index in [1.54, 1.807) is 0 Å². The molecule has 0 amide bonds. The van der Waals surface area contributed by atoms with Gasteiger partial charge >= 0.3 is 0 Å². The Morgan fingerprint density at radius 1 is 1.41 bits per heavy atom. The van der Waals surface area contributed by atoms with Crippen LogP contribution in [0.5, 0.6) is 0 Å². The summed E-state index contributed by atoms with van der Waals surface area (Å²) in [5, 5.41) is 3.06. The molecule has 3 nitrogen and oxygen atoms in total. The van der Waals surface area contributed by atoms with E-state index in [1.165, 1.54) is 11.3 Å². The van der Waals surface area contributed by atoms with E-state index in [-0.39, 0.29) is 0 Å². The number of aromatic nitrogens is 2. The van der Waals surface area contributed by atoms with Crippen LogP contribution in [0, 0.1) is 0 Å². The molecule has 0 aromatic carbocycles. The molecule has 0 aliphatic carbocycles. The van der Waals surface area contributed by atoms with Crippen LogP contribution in [0.1, 0.15) is 12.6 Å². The minimum absolute atomic E-state index is 0.714. The number of hydrogen-bond acceptors (Lipinski definition) is 4. The summed E-state index contributed by atoms with van der Waals surface area (Å²) in [6.45, 7) is 2.07. The van der Waals surface area contributed by atoms with Gasteiger partial charge in [0.25, 0.3) is 0 Å². The first-order valence-corrected chi connectivity index (χ1v) is 7.14. The number of rotatable bonds is 3. The number of nitrogens with one attached hydrogen (secondary N) is 1. The Kier molecular flexibility index (Phi) is 4.01. The molecular weight excluding hydrogens is 322 g/mol. The Balaban J connectivity index is 2.55. The van der Waals surface area contributed by atoms with Gasteiger partial charge in [0.2, 0.25) is 0 Å². The first-order chi connectivity index (χ1) is 8.15. The second-order valence-electron chi connectivity index (χ2n) is 3.36. The predicted molar refractivity (Wildman–Crippen MR) is 77.0 cm³/mol. The van der Waals surface area contributed by atoms with Gasteiger partial charge in [-0.2, -0.15) is 0 Å². The molecule has 6 heteroatoms. The molecule has 2 aromatic rings. The van der Waals surface area contributed by atoms with Gasteiger partial charge in [0, 0.05) is 7.05 Å². The standard InChI is InChI=1S/C11H11BrClN3S/c1-3-6-9(12)11(14-2)16-10(15-6)7-4-5-8(13)17-7/h4-5H,3H2,1-2H3,(H,14,15,16). The maximum absolute atomic E-state index is 5.93. The van der Waals surface area contributed by atoms with Gasteiger partial charge in [-0.05, 0) is 34.5 Å². The van der Waals surface area contributed by atoms with Gasteiger partial charge in [-0.15, -0.1) is 11.3 Å². The van der Waals surface area contributed by atoms with Crippen LogP contribution in [-0.4, -0.2) is 17.0 Å². The van der Waals surface area contributed by atoms with Crippen molar-refractivity contribution in [2.24, 2.45) is 0 Å². The van der Waals surface area contributed by atoms with Gasteiger partial charge < -0.3 is 5.32 Å². The van der Waals surface area contributed by atoms with Crippen molar-refractivity contribution in [2.45, 2.75) is 13.3 Å². The number of anilines is 1. The Morgan fingerprint density at radius 2 is 2.18 bits per heavy atom. The fraction of sp³-hybridized carbons (Fsp3) is 0.273. The molecule has 0 bridgehead atoms. The van der Waals surface area contributed by atoms with Gasteiger partial charge in [-0.25, -0.2) is 9.97 Å². The predicted octanol–water partition coefficient (Wildman–Crippen LogP) is 4.23. The number of aryl methyl sites for hydroxylation is 1. The molecule has 0 spiro atoms. The zero-order valence-corrected chi connectivity index (χ0v) is 12.6. The average molecular weight is 333 g/mol. The highest BCUT2D eigenvalue weighted by molar-refractivity contribution is 9.10. The number of thiophene rings is 1. The monoisotopic (exact) mass is 331 g/mol. The number of nitrogens with zero attached hydrogens (tertiary/aromatic N) is 2. The van der Waals surface area contributed by atoms with Gasteiger partial charge in [0.1, 0.15) is 5.82 Å². The fourth-order valence-corrected chi connectivity index (χ4v) is 3.07. The highest BCUT2D eigenvalue weighted by Gasteiger charge is 2.12. The molecule has 0 fully saturated rings. The van der Waals surface area contributed by atoms with Crippen molar-refractivity contribution < 1.29 is 0 Å². The maximum Gasteiger partial charge on any atom is 0.171 e. The Hall–Kier alpha value is -0.650. The topological polar surface area (TPSA) is 37.8 Å². The SMILES string of the molecule is CCc1nc(-c2ccc(Cl)s2)nc(NC)c1Br. The third-order valence-electron chi connectivity index (χ3n) is 2.29. The summed E-state index contributed by atoms with van der Waals surface area (Å²) in [7, 11) is 1.84. The minimum atomic E-state index is 0.714. The van der Waals surface area contributed by atoms with E-state index >= 15 is 0 Å². The summed E-state index contributed by atoms with van der Waals surface area (Å²) in [6, 6.07) is 3.80. The van der Waals surface area contributed by atoms with Crippen LogP contribution >= 0.6 is 38.9 Å². The molecule has 0 unspecified atom stereocenters. The van der Waals surface area contributed by atoms with Crippen molar-refractivity contribution >= 4 is 44.7 Å². The lowest BCUT2D eigenvalue weighted by molar-refractivity contribution is 0.994. The Bertz CT molecular complexity index is 516. The highest BCUT2D eigenvalue weighted by atomic mass is 79.9. The third-order valence-corrected chi connectivity index (χ3v) is 4.35. The van der Waals surface area contributed by atoms with Crippen molar-refractivity contribution in [3.63, 3.8) is 0 Å². The summed E-state index contributed by atoms with van der Waals surface area (Å²) in [5.74, 6) is 1.52. The van der Waals surface area contributed by atoms with E-state index in [1.807, 2.05) is 19.2 Å². The summed E-state index contributed by atoms with van der Waals surface area (Å²) in [4.78, 5) is 9.98. The van der Waals surface area contributed by atoms with E-state index in [2.05, 4.69) is 38.1 Å². The van der Waals surface area contributed by atoms with Crippen molar-refractivity contribution in [3.8, 4) is 10.7 Å². The van der Waals surface area contributed by atoms with E-state index in [4.69, 9.17) is 11.6 Å². The molecule has 0 atom stereocenters. The molecule has 0 saturated heterocycles. The van der Waals surface area contributed by atoms with Crippen molar-refractivity contribution in [1.82, 2.24) is 9.97 Å². The zero-order chi connectivity index (χ0) is 12.4. The van der Waals surface area contributed by atoms with Gasteiger partial charge in [-0.1, -0.05) is 18.5 Å². The molecular formula is C11H11BrClN3S. The molecule has 0 aliphatic heterocycles. The van der Waals surface area contributed by atoms with Crippen LogP contribution in [-0.2, 0) is 6.42 Å². The normalized spacial score (nSPS) is 10.6. The summed E-state index contributed by atoms with van der Waals surface area (Å²) < 4.78 is 1.67.